The van der Waals surface area contributed by atoms with Crippen LogP contribution >= 0.6 is 0 Å². The summed E-state index contributed by atoms with van der Waals surface area (Å²) in [6.45, 7) is 1.36. The van der Waals surface area contributed by atoms with Gasteiger partial charge in [-0.15, -0.1) is 0 Å². The van der Waals surface area contributed by atoms with Crippen LogP contribution in [0.3, 0.4) is 0 Å². The molecule has 0 radical (unpaired) electrons. The second-order valence-electron chi connectivity index (χ2n) is 21.3. The number of hydrogen-bond donors (Lipinski definition) is 9. The summed E-state index contributed by atoms with van der Waals surface area (Å²) < 4.78 is 0. The number of rotatable bonds is 27. The topological polar surface area (TPSA) is 253 Å². The molecule has 9 aromatic rings. The molecule has 15 nitrogen and oxygen atoms in total. The van der Waals surface area contributed by atoms with E-state index in [1.807, 2.05) is 182 Å². The van der Waals surface area contributed by atoms with Gasteiger partial charge in [0.15, 0.2) is 0 Å². The molecular weight excluding hydrogens is 1060 g/mol. The van der Waals surface area contributed by atoms with Gasteiger partial charge in [-0.05, 0) is 181 Å². The van der Waals surface area contributed by atoms with Crippen molar-refractivity contribution in [3.63, 3.8) is 0 Å². The molecule has 85 heavy (non-hydrogen) atoms. The van der Waals surface area contributed by atoms with Gasteiger partial charge in [-0.2, -0.15) is 0 Å². The number of benzene rings is 9. The summed E-state index contributed by atoms with van der Waals surface area (Å²) in [4.78, 5) is 83.7. The zero-order valence-corrected chi connectivity index (χ0v) is 47.5. The maximum Gasteiger partial charge on any atom is 0.252 e. The fourth-order valence-electron chi connectivity index (χ4n) is 10.8. The number of hydrogen-bond acceptors (Lipinski definition) is 9. The monoisotopic (exact) mass is 1140 g/mol. The van der Waals surface area contributed by atoms with Crippen molar-refractivity contribution in [2.24, 2.45) is 17.2 Å². The van der Waals surface area contributed by atoms with Crippen LogP contribution in [0.15, 0.2) is 200 Å². The van der Waals surface area contributed by atoms with Crippen LogP contribution in [-0.4, -0.2) is 73.2 Å². The van der Waals surface area contributed by atoms with Crippen molar-refractivity contribution >= 4 is 84.8 Å². The first-order chi connectivity index (χ1) is 41.5. The quantitative estimate of drug-likeness (QED) is 0.0175. The van der Waals surface area contributed by atoms with E-state index in [9.17, 15) is 28.8 Å². The molecule has 0 heterocycles. The van der Waals surface area contributed by atoms with Crippen LogP contribution in [0, 0.1) is 0 Å². The molecule has 0 aromatic heterocycles. The fourth-order valence-corrected chi connectivity index (χ4v) is 10.8. The van der Waals surface area contributed by atoms with Gasteiger partial charge < -0.3 is 49.1 Å². The number of nitrogens with one attached hydrogen (secondary N) is 6. The molecule has 0 spiro atoms. The van der Waals surface area contributed by atoms with Gasteiger partial charge in [0.05, 0.1) is 0 Å². The van der Waals surface area contributed by atoms with Gasteiger partial charge in [0, 0.05) is 39.7 Å². The Labute approximate surface area is 495 Å². The minimum Gasteiger partial charge on any atom is -0.340 e. The summed E-state index contributed by atoms with van der Waals surface area (Å²) in [6.07, 6.45) is 5.11. The summed E-state index contributed by atoms with van der Waals surface area (Å²) >= 11 is 0. The molecule has 6 amide bonds. The first-order valence-corrected chi connectivity index (χ1v) is 29.2. The third-order valence-corrected chi connectivity index (χ3v) is 15.3. The maximum absolute atomic E-state index is 14.1. The van der Waals surface area contributed by atoms with Crippen molar-refractivity contribution in [1.29, 1.82) is 0 Å². The number of fused-ring (bicyclic) bond motifs is 3. The molecule has 0 bridgehead atoms. The van der Waals surface area contributed by atoms with Gasteiger partial charge in [0.25, 0.3) is 17.7 Å². The Balaban J connectivity index is 0.959. The average Bonchev–Trinajstić information content (AvgIpc) is 3.29. The standard InChI is InChI=1S/C70H73N9O6/c71-43-10-7-28-61(77-65(80)58-25-13-19-46-16-1-4-22-55(46)58)68(83)74-52-37-31-49(32-38-52)64(50-33-39-53(40-34-50)75-69(84)62(29-8-11-44-72)78-66(81)59-26-14-20-47-17-2-5-23-56(47)59)51-35-41-54(42-36-51)76-70(85)63(30-9-12-45-73)79-67(82)60-27-15-21-48-18-3-6-24-57(48)60/h1-6,13-27,31-42,61-64H,7-12,28-30,43-45,71-73H2,(H,74,83)(H,75,84)(H,76,85)(H,77,80)(H,78,81)(H,79,82)/t61-,62-,63-/m1/s1. The normalized spacial score (nSPS) is 12.3. The third-order valence-electron chi connectivity index (χ3n) is 15.3. The number of anilines is 3. The van der Waals surface area contributed by atoms with Gasteiger partial charge >= 0.3 is 0 Å². The van der Waals surface area contributed by atoms with Crippen LogP contribution in [0.2, 0.25) is 0 Å². The number of amides is 6. The van der Waals surface area contributed by atoms with E-state index in [1.54, 1.807) is 18.2 Å². The second kappa shape index (κ2) is 29.6. The lowest BCUT2D eigenvalue weighted by Gasteiger charge is -2.22. The Kier molecular flexibility index (Phi) is 20.9. The van der Waals surface area contributed by atoms with E-state index in [2.05, 4.69) is 31.9 Å². The van der Waals surface area contributed by atoms with Crippen molar-refractivity contribution in [1.82, 2.24) is 16.0 Å². The minimum absolute atomic E-state index is 0.351. The van der Waals surface area contributed by atoms with Gasteiger partial charge in [0.1, 0.15) is 18.1 Å². The predicted molar refractivity (Wildman–Crippen MR) is 340 cm³/mol. The van der Waals surface area contributed by atoms with Crippen molar-refractivity contribution < 1.29 is 28.8 Å². The summed E-state index contributed by atoms with van der Waals surface area (Å²) in [7, 11) is 0. The molecule has 0 unspecified atom stereocenters. The molecule has 434 valence electrons. The summed E-state index contributed by atoms with van der Waals surface area (Å²) in [6, 6.07) is 59.4. The predicted octanol–water partition coefficient (Wildman–Crippen LogP) is 10.9. The Hall–Kier alpha value is -9.54. The molecule has 3 atom stereocenters. The number of nitrogens with two attached hydrogens (primary N) is 3. The number of unbranched alkanes of at least 4 members (excludes halogenated alkanes) is 3. The second-order valence-corrected chi connectivity index (χ2v) is 21.3. The molecule has 9 rings (SSSR count). The molecular formula is C70H73N9O6. The zero-order valence-electron chi connectivity index (χ0n) is 47.5. The average molecular weight is 1140 g/mol. The Morgan fingerprint density at radius 1 is 0.306 bits per heavy atom. The zero-order chi connectivity index (χ0) is 59.5. The SMILES string of the molecule is NCCCC[C@@H](NC(=O)c1cccc2ccccc12)C(=O)Nc1ccc(C(c2ccc(NC(=O)[C@@H](CCCCN)NC(=O)c3cccc4ccccc34)cc2)c2ccc(NC(=O)[C@@H](CCCCN)NC(=O)c3cccc4ccccc34)cc2)cc1. The van der Waals surface area contributed by atoms with Crippen LogP contribution in [0.4, 0.5) is 17.1 Å². The molecule has 0 fully saturated rings. The van der Waals surface area contributed by atoms with Gasteiger partial charge in [-0.1, -0.05) is 146 Å². The van der Waals surface area contributed by atoms with Gasteiger partial charge in [-0.25, -0.2) is 0 Å². The Morgan fingerprint density at radius 3 is 0.835 bits per heavy atom. The minimum atomic E-state index is -0.841. The fraction of sp³-hybridized carbons (Fsp3) is 0.229. The van der Waals surface area contributed by atoms with E-state index < -0.39 is 24.0 Å². The lowest BCUT2D eigenvalue weighted by Crippen LogP contribution is -2.44. The summed E-state index contributed by atoms with van der Waals surface area (Å²) in [5, 5.41) is 23.2. The number of carbonyl (C=O) groups excluding carboxylic acids is 6. The van der Waals surface area contributed by atoms with Crippen molar-refractivity contribution in [2.75, 3.05) is 35.6 Å². The largest absolute Gasteiger partial charge is 0.340 e. The van der Waals surface area contributed by atoms with E-state index in [4.69, 9.17) is 17.2 Å². The maximum atomic E-state index is 14.1. The molecule has 15 heteroatoms. The van der Waals surface area contributed by atoms with Crippen LogP contribution < -0.4 is 49.1 Å². The first-order valence-electron chi connectivity index (χ1n) is 29.2. The van der Waals surface area contributed by atoms with E-state index >= 15 is 0 Å². The van der Waals surface area contributed by atoms with Crippen molar-refractivity contribution in [2.45, 2.75) is 81.8 Å². The molecule has 0 saturated heterocycles. The molecule has 0 aliphatic carbocycles. The third kappa shape index (κ3) is 15.6. The Bertz CT molecular complexity index is 3370. The highest BCUT2D eigenvalue weighted by molar-refractivity contribution is 6.11. The molecule has 0 aliphatic heterocycles. The summed E-state index contributed by atoms with van der Waals surface area (Å²) in [5.74, 6) is -2.54. The molecule has 12 N–H and O–H groups in total. The highest BCUT2D eigenvalue weighted by Gasteiger charge is 2.27. The van der Waals surface area contributed by atoms with Crippen molar-refractivity contribution in [3.8, 4) is 0 Å². The lowest BCUT2D eigenvalue weighted by molar-refractivity contribution is -0.118. The van der Waals surface area contributed by atoms with Crippen LogP contribution in [0.1, 0.15) is 111 Å². The van der Waals surface area contributed by atoms with Crippen LogP contribution in [0.5, 0.6) is 0 Å². The van der Waals surface area contributed by atoms with Crippen LogP contribution in [0.25, 0.3) is 32.3 Å². The molecule has 0 aliphatic rings. The molecule has 0 saturated carbocycles. The van der Waals surface area contributed by atoms with Crippen molar-refractivity contribution in [3.05, 3.63) is 234 Å². The smallest absolute Gasteiger partial charge is 0.252 e. The highest BCUT2D eigenvalue weighted by atomic mass is 16.2. The van der Waals surface area contributed by atoms with E-state index in [0.29, 0.717) is 111 Å². The van der Waals surface area contributed by atoms with E-state index in [1.165, 1.54) is 0 Å². The Morgan fingerprint density at radius 2 is 0.565 bits per heavy atom. The lowest BCUT2D eigenvalue weighted by atomic mass is 9.85. The number of carbonyl (C=O) groups is 6. The van der Waals surface area contributed by atoms with Gasteiger partial charge in [-0.3, -0.25) is 28.8 Å². The first kappa shape index (κ1) is 60.1. The van der Waals surface area contributed by atoms with Gasteiger partial charge in [0.2, 0.25) is 17.7 Å². The van der Waals surface area contributed by atoms with E-state index in [-0.39, 0.29) is 35.4 Å². The molecule has 9 aromatic carbocycles. The highest BCUT2D eigenvalue weighted by Crippen LogP contribution is 2.35. The van der Waals surface area contributed by atoms with Crippen LogP contribution in [-0.2, 0) is 14.4 Å². The summed E-state index contributed by atoms with van der Waals surface area (Å²) in [5.41, 5.74) is 23.1. The van der Waals surface area contributed by atoms with E-state index in [0.717, 1.165) is 49.0 Å².